The van der Waals surface area contributed by atoms with Gasteiger partial charge < -0.3 is 20.1 Å². The van der Waals surface area contributed by atoms with Crippen molar-refractivity contribution in [3.05, 3.63) is 65.2 Å². The van der Waals surface area contributed by atoms with Crippen molar-refractivity contribution in [2.45, 2.75) is 30.4 Å². The van der Waals surface area contributed by atoms with Crippen LogP contribution in [0.15, 0.2) is 58.8 Å². The SMILES string of the molecule is CCOC(=O)Cc1csc(NC(=O)C(C)Sc2ccc(NC(=O)c3ccc(OC)cc3)cc2)n1. The summed E-state index contributed by atoms with van der Waals surface area (Å²) in [6.45, 7) is 3.86. The average molecular weight is 500 g/mol. The van der Waals surface area contributed by atoms with Crippen molar-refractivity contribution in [2.24, 2.45) is 0 Å². The van der Waals surface area contributed by atoms with E-state index < -0.39 is 0 Å². The lowest BCUT2D eigenvalue weighted by atomic mass is 10.2. The molecule has 1 heterocycles. The Morgan fingerprint density at radius 2 is 1.76 bits per heavy atom. The van der Waals surface area contributed by atoms with Gasteiger partial charge in [-0.2, -0.15) is 0 Å². The number of benzene rings is 2. The molecule has 2 amide bonds. The van der Waals surface area contributed by atoms with E-state index in [4.69, 9.17) is 9.47 Å². The molecule has 34 heavy (non-hydrogen) atoms. The fourth-order valence-corrected chi connectivity index (χ4v) is 4.41. The first-order valence-corrected chi connectivity index (χ1v) is 12.3. The Balaban J connectivity index is 1.50. The highest BCUT2D eigenvalue weighted by Gasteiger charge is 2.17. The van der Waals surface area contributed by atoms with Crippen LogP contribution in [-0.2, 0) is 20.7 Å². The molecule has 1 aromatic heterocycles. The van der Waals surface area contributed by atoms with Crippen molar-refractivity contribution in [1.82, 2.24) is 4.98 Å². The molecule has 0 aliphatic rings. The molecular formula is C24H25N3O5S2. The Hall–Kier alpha value is -3.37. The quantitative estimate of drug-likeness (QED) is 0.309. The maximum absolute atomic E-state index is 12.5. The number of esters is 1. The first kappa shape index (κ1) is 25.3. The number of amides is 2. The topological polar surface area (TPSA) is 107 Å². The summed E-state index contributed by atoms with van der Waals surface area (Å²) in [6, 6.07) is 14.1. The second-order valence-electron chi connectivity index (χ2n) is 7.08. The zero-order valence-electron chi connectivity index (χ0n) is 19.0. The van der Waals surface area contributed by atoms with Crippen molar-refractivity contribution in [3.63, 3.8) is 0 Å². The second-order valence-corrected chi connectivity index (χ2v) is 9.35. The number of methoxy groups -OCH3 is 1. The van der Waals surface area contributed by atoms with Gasteiger partial charge in [-0.1, -0.05) is 0 Å². The molecular weight excluding hydrogens is 474 g/mol. The highest BCUT2D eigenvalue weighted by Crippen LogP contribution is 2.26. The summed E-state index contributed by atoms with van der Waals surface area (Å²) in [5, 5.41) is 7.41. The number of hydrogen-bond acceptors (Lipinski definition) is 8. The van der Waals surface area contributed by atoms with Gasteiger partial charge in [0, 0.05) is 21.5 Å². The van der Waals surface area contributed by atoms with Crippen molar-refractivity contribution in [2.75, 3.05) is 24.4 Å². The van der Waals surface area contributed by atoms with E-state index in [1.165, 1.54) is 23.1 Å². The van der Waals surface area contributed by atoms with E-state index in [1.54, 1.807) is 62.7 Å². The molecule has 1 unspecified atom stereocenters. The lowest BCUT2D eigenvalue weighted by Gasteiger charge is -2.11. The number of aromatic nitrogens is 1. The number of hydrogen-bond donors (Lipinski definition) is 2. The van der Waals surface area contributed by atoms with E-state index in [0.29, 0.717) is 34.4 Å². The van der Waals surface area contributed by atoms with Gasteiger partial charge in [0.2, 0.25) is 5.91 Å². The van der Waals surface area contributed by atoms with Crippen molar-refractivity contribution in [1.29, 1.82) is 0 Å². The van der Waals surface area contributed by atoms with Gasteiger partial charge in [-0.15, -0.1) is 23.1 Å². The maximum Gasteiger partial charge on any atom is 0.311 e. The van der Waals surface area contributed by atoms with Gasteiger partial charge in [0.15, 0.2) is 5.13 Å². The first-order chi connectivity index (χ1) is 16.4. The average Bonchev–Trinajstić information content (AvgIpc) is 3.26. The number of carbonyl (C=O) groups is 3. The lowest BCUT2D eigenvalue weighted by molar-refractivity contribution is -0.142. The Morgan fingerprint density at radius 3 is 2.41 bits per heavy atom. The number of anilines is 2. The summed E-state index contributed by atoms with van der Waals surface area (Å²) in [6.07, 6.45) is 0.0753. The van der Waals surface area contributed by atoms with Crippen LogP contribution in [0.1, 0.15) is 29.9 Å². The smallest absolute Gasteiger partial charge is 0.311 e. The van der Waals surface area contributed by atoms with Crippen molar-refractivity contribution < 1.29 is 23.9 Å². The molecule has 3 rings (SSSR count). The normalized spacial score (nSPS) is 11.4. The van der Waals surface area contributed by atoms with E-state index in [9.17, 15) is 14.4 Å². The van der Waals surface area contributed by atoms with Crippen LogP contribution in [0.4, 0.5) is 10.8 Å². The zero-order chi connectivity index (χ0) is 24.5. The third-order valence-corrected chi connectivity index (χ3v) is 6.48. The molecule has 0 saturated heterocycles. The van der Waals surface area contributed by atoms with Crippen LogP contribution in [0.2, 0.25) is 0 Å². The monoisotopic (exact) mass is 499 g/mol. The summed E-state index contributed by atoms with van der Waals surface area (Å²) in [5.41, 5.74) is 1.74. The number of rotatable bonds is 10. The third kappa shape index (κ3) is 7.32. The molecule has 2 aromatic carbocycles. The minimum absolute atomic E-state index is 0.0753. The predicted octanol–water partition coefficient (Wildman–Crippen LogP) is 4.63. The summed E-state index contributed by atoms with van der Waals surface area (Å²) in [4.78, 5) is 41.6. The van der Waals surface area contributed by atoms with Crippen molar-refractivity contribution in [3.8, 4) is 5.75 Å². The molecule has 0 spiro atoms. The number of nitrogens with one attached hydrogen (secondary N) is 2. The number of ether oxygens (including phenoxy) is 2. The number of thiazole rings is 1. The first-order valence-electron chi connectivity index (χ1n) is 10.5. The zero-order valence-corrected chi connectivity index (χ0v) is 20.6. The molecule has 0 radical (unpaired) electrons. The van der Waals surface area contributed by atoms with E-state index in [2.05, 4.69) is 15.6 Å². The molecule has 0 saturated carbocycles. The van der Waals surface area contributed by atoms with E-state index in [0.717, 1.165) is 4.90 Å². The number of carbonyl (C=O) groups excluding carboxylic acids is 3. The van der Waals surface area contributed by atoms with Crippen LogP contribution in [0, 0.1) is 0 Å². The van der Waals surface area contributed by atoms with Crippen LogP contribution >= 0.6 is 23.1 Å². The molecule has 0 bridgehead atoms. The van der Waals surface area contributed by atoms with Gasteiger partial charge in [-0.05, 0) is 62.4 Å². The molecule has 0 fully saturated rings. The van der Waals surface area contributed by atoms with Gasteiger partial charge >= 0.3 is 5.97 Å². The minimum Gasteiger partial charge on any atom is -0.497 e. The van der Waals surface area contributed by atoms with Crippen LogP contribution < -0.4 is 15.4 Å². The summed E-state index contributed by atoms with van der Waals surface area (Å²) in [7, 11) is 1.57. The molecule has 178 valence electrons. The highest BCUT2D eigenvalue weighted by molar-refractivity contribution is 8.00. The molecule has 0 aliphatic carbocycles. The van der Waals surface area contributed by atoms with Gasteiger partial charge in [0.05, 0.1) is 31.1 Å². The van der Waals surface area contributed by atoms with Crippen LogP contribution in [0.5, 0.6) is 5.75 Å². The fraction of sp³-hybridized carbons (Fsp3) is 0.250. The highest BCUT2D eigenvalue weighted by atomic mass is 32.2. The number of nitrogens with zero attached hydrogens (tertiary/aromatic N) is 1. The predicted molar refractivity (Wildman–Crippen MR) is 134 cm³/mol. The largest absolute Gasteiger partial charge is 0.497 e. The van der Waals surface area contributed by atoms with Gasteiger partial charge in [0.1, 0.15) is 5.75 Å². The number of thioether (sulfide) groups is 1. The fourth-order valence-electron chi connectivity index (χ4n) is 2.83. The van der Waals surface area contributed by atoms with Crippen molar-refractivity contribution >= 4 is 51.7 Å². The van der Waals surface area contributed by atoms with E-state index in [-0.39, 0.29) is 29.5 Å². The minimum atomic E-state index is -0.378. The Labute approximate surface area is 206 Å². The standard InChI is InChI=1S/C24H25N3O5S2/c1-4-32-21(28)13-18-14-33-24(26-18)27-22(29)15(2)34-20-11-7-17(8-12-20)25-23(30)16-5-9-19(31-3)10-6-16/h5-12,14-15H,4,13H2,1-3H3,(H,25,30)(H,26,27,29). The molecule has 0 aliphatic heterocycles. The lowest BCUT2D eigenvalue weighted by Crippen LogP contribution is -2.22. The van der Waals surface area contributed by atoms with Gasteiger partial charge in [0.25, 0.3) is 5.91 Å². The van der Waals surface area contributed by atoms with Crippen LogP contribution in [0.3, 0.4) is 0 Å². The summed E-state index contributed by atoms with van der Waals surface area (Å²) < 4.78 is 10.0. The summed E-state index contributed by atoms with van der Waals surface area (Å²) >= 11 is 2.65. The second kappa shape index (κ2) is 12.2. The molecule has 3 aromatic rings. The molecule has 2 N–H and O–H groups in total. The Bertz CT molecular complexity index is 1130. The third-order valence-electron chi connectivity index (χ3n) is 4.56. The summed E-state index contributed by atoms with van der Waals surface area (Å²) in [5.74, 6) is -0.0817. The Kier molecular flexibility index (Phi) is 9.06. The van der Waals surface area contributed by atoms with Crippen LogP contribution in [0.25, 0.3) is 0 Å². The van der Waals surface area contributed by atoms with E-state index >= 15 is 0 Å². The van der Waals surface area contributed by atoms with Crippen LogP contribution in [-0.4, -0.2) is 41.7 Å². The maximum atomic E-state index is 12.5. The Morgan fingerprint density at radius 1 is 1.06 bits per heavy atom. The molecule has 1 atom stereocenters. The molecule has 10 heteroatoms. The van der Waals surface area contributed by atoms with Gasteiger partial charge in [-0.25, -0.2) is 4.98 Å². The van der Waals surface area contributed by atoms with Gasteiger partial charge in [-0.3, -0.25) is 14.4 Å². The van der Waals surface area contributed by atoms with E-state index in [1.807, 2.05) is 12.1 Å². The molecule has 8 nitrogen and oxygen atoms in total.